The van der Waals surface area contributed by atoms with Crippen molar-refractivity contribution in [1.82, 2.24) is 5.43 Å². The monoisotopic (exact) mass is 266 g/mol. The Bertz CT molecular complexity index is 515. The van der Waals surface area contributed by atoms with Crippen LogP contribution in [0, 0.1) is 12.3 Å². The fourth-order valence-corrected chi connectivity index (χ4v) is 2.33. The van der Waals surface area contributed by atoms with Gasteiger partial charge in [-0.2, -0.15) is 0 Å². The van der Waals surface area contributed by atoms with Crippen LogP contribution < -0.4 is 11.3 Å². The molecule has 1 atom stereocenters. The van der Waals surface area contributed by atoms with Crippen LogP contribution in [0.2, 0.25) is 0 Å². The Morgan fingerprint density at radius 3 is 2.44 bits per heavy atom. The number of unbranched alkanes of at least 4 members (excludes halogenated alkanes) is 1. The van der Waals surface area contributed by atoms with Gasteiger partial charge >= 0.3 is 0 Å². The summed E-state index contributed by atoms with van der Waals surface area (Å²) in [6.07, 6.45) is 8.78. The van der Waals surface area contributed by atoms with E-state index in [0.717, 1.165) is 18.4 Å². The van der Waals surface area contributed by atoms with Crippen LogP contribution in [0.15, 0.2) is 29.2 Å². The van der Waals surface area contributed by atoms with E-state index in [2.05, 4.69) is 11.3 Å². The second-order valence-electron chi connectivity index (χ2n) is 4.16. The number of nitrogens with one attached hydrogen (secondary N) is 1. The van der Waals surface area contributed by atoms with Crippen molar-refractivity contribution in [2.75, 3.05) is 6.26 Å². The lowest BCUT2D eigenvalue weighted by Crippen LogP contribution is -2.27. The van der Waals surface area contributed by atoms with Gasteiger partial charge in [0.1, 0.15) is 0 Å². The maximum atomic E-state index is 11.3. The molecule has 1 rings (SSSR count). The van der Waals surface area contributed by atoms with E-state index < -0.39 is 9.84 Å². The summed E-state index contributed by atoms with van der Waals surface area (Å²) in [4.78, 5) is 0.311. The second-order valence-corrected chi connectivity index (χ2v) is 6.17. The predicted octanol–water partition coefficient (Wildman–Crippen LogP) is 1.40. The van der Waals surface area contributed by atoms with Crippen molar-refractivity contribution in [2.45, 2.75) is 30.2 Å². The number of nitrogens with two attached hydrogens (primary N) is 1. The first kappa shape index (κ1) is 14.7. The van der Waals surface area contributed by atoms with Gasteiger partial charge in [0.15, 0.2) is 9.84 Å². The van der Waals surface area contributed by atoms with Gasteiger partial charge in [-0.3, -0.25) is 11.3 Å². The minimum atomic E-state index is -3.15. The molecule has 0 bridgehead atoms. The smallest absolute Gasteiger partial charge is 0.175 e. The van der Waals surface area contributed by atoms with Crippen molar-refractivity contribution in [3.8, 4) is 12.3 Å². The van der Waals surface area contributed by atoms with Gasteiger partial charge in [-0.1, -0.05) is 12.1 Å². The molecule has 1 aromatic rings. The SMILES string of the molecule is C#CCCCC(NN)c1ccc(S(C)(=O)=O)cc1. The predicted molar refractivity (Wildman–Crippen MR) is 72.3 cm³/mol. The first-order valence-corrected chi connectivity index (χ1v) is 7.57. The molecule has 0 aliphatic rings. The van der Waals surface area contributed by atoms with E-state index in [9.17, 15) is 8.42 Å². The highest BCUT2D eigenvalue weighted by atomic mass is 32.2. The average Bonchev–Trinajstić information content (AvgIpc) is 2.34. The fourth-order valence-electron chi connectivity index (χ4n) is 1.70. The van der Waals surface area contributed by atoms with E-state index in [4.69, 9.17) is 12.3 Å². The minimum absolute atomic E-state index is 0.00744. The number of benzene rings is 1. The van der Waals surface area contributed by atoms with Crippen LogP contribution in [0.1, 0.15) is 30.9 Å². The third kappa shape index (κ3) is 4.15. The molecule has 0 spiro atoms. The van der Waals surface area contributed by atoms with Crippen molar-refractivity contribution in [3.63, 3.8) is 0 Å². The van der Waals surface area contributed by atoms with E-state index in [-0.39, 0.29) is 6.04 Å². The summed E-state index contributed by atoms with van der Waals surface area (Å²) in [5, 5.41) is 0. The highest BCUT2D eigenvalue weighted by Crippen LogP contribution is 2.20. The lowest BCUT2D eigenvalue weighted by Gasteiger charge is -2.16. The second kappa shape index (κ2) is 6.55. The van der Waals surface area contributed by atoms with Crippen LogP contribution in [0.25, 0.3) is 0 Å². The molecule has 3 N–H and O–H groups in total. The summed E-state index contributed by atoms with van der Waals surface area (Å²) in [5.41, 5.74) is 3.68. The zero-order chi connectivity index (χ0) is 13.6. The van der Waals surface area contributed by atoms with Crippen molar-refractivity contribution in [3.05, 3.63) is 29.8 Å². The molecule has 4 nitrogen and oxygen atoms in total. The maximum absolute atomic E-state index is 11.3. The largest absolute Gasteiger partial charge is 0.271 e. The van der Waals surface area contributed by atoms with Gasteiger partial charge in [0.25, 0.3) is 0 Å². The topological polar surface area (TPSA) is 72.2 Å². The number of hydrogen-bond acceptors (Lipinski definition) is 4. The van der Waals surface area contributed by atoms with Crippen molar-refractivity contribution >= 4 is 9.84 Å². The Morgan fingerprint density at radius 1 is 1.39 bits per heavy atom. The first-order chi connectivity index (χ1) is 8.49. The molecule has 0 radical (unpaired) electrons. The van der Waals surface area contributed by atoms with E-state index in [0.29, 0.717) is 11.3 Å². The zero-order valence-corrected chi connectivity index (χ0v) is 11.2. The molecule has 0 aromatic heterocycles. The molecule has 98 valence electrons. The van der Waals surface area contributed by atoms with Gasteiger partial charge in [-0.15, -0.1) is 12.3 Å². The van der Waals surface area contributed by atoms with Gasteiger partial charge in [-0.05, 0) is 30.5 Å². The first-order valence-electron chi connectivity index (χ1n) is 5.68. The molecule has 0 aliphatic carbocycles. The standard InChI is InChI=1S/C13H18N2O2S/c1-3-4-5-6-13(15-14)11-7-9-12(10-8-11)18(2,16)17/h1,7-10,13,15H,4-6,14H2,2H3. The zero-order valence-electron chi connectivity index (χ0n) is 10.4. The van der Waals surface area contributed by atoms with Crippen LogP contribution in [0.5, 0.6) is 0 Å². The van der Waals surface area contributed by atoms with Crippen molar-refractivity contribution in [1.29, 1.82) is 0 Å². The number of sulfone groups is 1. The highest BCUT2D eigenvalue weighted by Gasteiger charge is 2.11. The lowest BCUT2D eigenvalue weighted by atomic mass is 10.0. The number of hydrazine groups is 1. The summed E-state index contributed by atoms with van der Waals surface area (Å²) in [6, 6.07) is 6.73. The van der Waals surface area contributed by atoms with E-state index in [1.165, 1.54) is 6.26 Å². The van der Waals surface area contributed by atoms with E-state index >= 15 is 0 Å². The normalized spacial score (nSPS) is 12.9. The molecule has 0 aliphatic heterocycles. The Morgan fingerprint density at radius 2 is 2.00 bits per heavy atom. The lowest BCUT2D eigenvalue weighted by molar-refractivity contribution is 0.502. The van der Waals surface area contributed by atoms with Gasteiger partial charge in [0.2, 0.25) is 0 Å². The molecule has 0 amide bonds. The third-order valence-corrected chi connectivity index (χ3v) is 3.85. The molecule has 0 saturated carbocycles. The Balaban J connectivity index is 2.79. The van der Waals surface area contributed by atoms with E-state index in [1.54, 1.807) is 24.3 Å². The molecule has 1 aromatic carbocycles. The molecule has 5 heteroatoms. The van der Waals surface area contributed by atoms with Crippen LogP contribution in [-0.2, 0) is 9.84 Å². The Labute approximate surface area is 108 Å². The molecular weight excluding hydrogens is 248 g/mol. The summed E-state index contributed by atoms with van der Waals surface area (Å²) in [5.74, 6) is 8.07. The van der Waals surface area contributed by atoms with Crippen molar-refractivity contribution < 1.29 is 8.42 Å². The summed E-state index contributed by atoms with van der Waals surface area (Å²) >= 11 is 0. The molecule has 18 heavy (non-hydrogen) atoms. The molecule has 1 unspecified atom stereocenters. The van der Waals surface area contributed by atoms with Gasteiger partial charge in [0, 0.05) is 18.7 Å². The Kier molecular flexibility index (Phi) is 5.35. The average molecular weight is 266 g/mol. The maximum Gasteiger partial charge on any atom is 0.175 e. The van der Waals surface area contributed by atoms with Gasteiger partial charge < -0.3 is 0 Å². The highest BCUT2D eigenvalue weighted by molar-refractivity contribution is 7.90. The van der Waals surface area contributed by atoms with Gasteiger partial charge in [-0.25, -0.2) is 8.42 Å². The molecule has 0 saturated heterocycles. The fraction of sp³-hybridized carbons (Fsp3) is 0.385. The van der Waals surface area contributed by atoms with Crippen LogP contribution in [0.3, 0.4) is 0 Å². The van der Waals surface area contributed by atoms with E-state index in [1.807, 2.05) is 0 Å². The minimum Gasteiger partial charge on any atom is -0.271 e. The summed E-state index contributed by atoms with van der Waals surface area (Å²) in [6.45, 7) is 0. The van der Waals surface area contributed by atoms with Crippen LogP contribution in [-0.4, -0.2) is 14.7 Å². The molecule has 0 fully saturated rings. The van der Waals surface area contributed by atoms with Gasteiger partial charge in [0.05, 0.1) is 4.90 Å². The molecular formula is C13H18N2O2S. The number of terminal acetylenes is 1. The summed E-state index contributed by atoms with van der Waals surface area (Å²) < 4.78 is 22.7. The van der Waals surface area contributed by atoms with Crippen molar-refractivity contribution in [2.24, 2.45) is 5.84 Å². The Hall–Kier alpha value is -1.35. The quantitative estimate of drug-likeness (QED) is 0.353. The number of hydrogen-bond donors (Lipinski definition) is 2. The van der Waals surface area contributed by atoms with Crippen LogP contribution in [0.4, 0.5) is 0 Å². The molecule has 0 heterocycles. The van der Waals surface area contributed by atoms with Crippen LogP contribution >= 0.6 is 0 Å². The number of rotatable bonds is 6. The third-order valence-electron chi connectivity index (χ3n) is 2.73. The summed E-state index contributed by atoms with van der Waals surface area (Å²) in [7, 11) is -3.15.